The van der Waals surface area contributed by atoms with E-state index in [-0.39, 0.29) is 12.9 Å². The number of benzene rings is 1. The highest BCUT2D eigenvalue weighted by Crippen LogP contribution is 2.03. The van der Waals surface area contributed by atoms with Crippen molar-refractivity contribution in [2.45, 2.75) is 24.9 Å². The van der Waals surface area contributed by atoms with Crippen LogP contribution >= 0.6 is 0 Å². The molecular weight excluding hydrogens is 224 g/mol. The van der Waals surface area contributed by atoms with Gasteiger partial charge >= 0.3 is 0 Å². The normalized spacial score (nSPS) is 16.2. The van der Waals surface area contributed by atoms with Crippen molar-refractivity contribution in [3.8, 4) is 0 Å². The second-order valence-electron chi connectivity index (χ2n) is 3.69. The average Bonchev–Trinajstić information content (AvgIpc) is 2.38. The van der Waals surface area contributed by atoms with Gasteiger partial charge in [-0.05, 0) is 5.56 Å². The zero-order chi connectivity index (χ0) is 12.7. The third-order valence-corrected chi connectivity index (χ3v) is 2.28. The van der Waals surface area contributed by atoms with Gasteiger partial charge in [0.15, 0.2) is 6.29 Å². The maximum atomic E-state index is 10.2. The minimum absolute atomic E-state index is 0.152. The number of rotatable bonds is 7. The fraction of sp³-hybridized carbons (Fsp3) is 0.417. The van der Waals surface area contributed by atoms with E-state index in [0.717, 1.165) is 5.56 Å². The van der Waals surface area contributed by atoms with E-state index in [0.29, 0.717) is 6.61 Å². The van der Waals surface area contributed by atoms with Gasteiger partial charge in [0.1, 0.15) is 18.3 Å². The number of carbonyl (C=O) groups excluding carboxylic acids is 1. The van der Waals surface area contributed by atoms with Crippen LogP contribution in [0.4, 0.5) is 0 Å². The number of hydrogen-bond donors (Lipinski definition) is 3. The number of aliphatic hydroxyl groups excluding tert-OH is 3. The molecule has 1 aromatic rings. The van der Waals surface area contributed by atoms with Crippen molar-refractivity contribution < 1.29 is 24.9 Å². The Hall–Kier alpha value is -1.27. The highest BCUT2D eigenvalue weighted by Gasteiger charge is 2.24. The first-order valence-corrected chi connectivity index (χ1v) is 5.26. The molecule has 5 heteroatoms. The second kappa shape index (κ2) is 7.13. The molecule has 0 saturated heterocycles. The number of hydrogen-bond acceptors (Lipinski definition) is 5. The molecule has 3 atom stereocenters. The number of aldehydes is 1. The average molecular weight is 240 g/mol. The van der Waals surface area contributed by atoms with Gasteiger partial charge in [-0.25, -0.2) is 0 Å². The molecule has 0 fully saturated rings. The van der Waals surface area contributed by atoms with Crippen LogP contribution in [0, 0.1) is 0 Å². The molecule has 5 nitrogen and oxygen atoms in total. The van der Waals surface area contributed by atoms with Crippen molar-refractivity contribution in [2.24, 2.45) is 0 Å². The highest BCUT2D eigenvalue weighted by atomic mass is 16.5. The van der Waals surface area contributed by atoms with E-state index in [2.05, 4.69) is 0 Å². The molecule has 0 spiro atoms. The SMILES string of the molecule is O=CC(O)C(O)C(O)COCc1ccccc1. The topological polar surface area (TPSA) is 87.0 Å². The Morgan fingerprint density at radius 2 is 1.82 bits per heavy atom. The summed E-state index contributed by atoms with van der Waals surface area (Å²) in [5.74, 6) is 0. The van der Waals surface area contributed by atoms with Gasteiger partial charge in [0.25, 0.3) is 0 Å². The van der Waals surface area contributed by atoms with E-state index in [1.54, 1.807) is 0 Å². The molecule has 0 aliphatic carbocycles. The van der Waals surface area contributed by atoms with E-state index < -0.39 is 18.3 Å². The molecular formula is C12H16O5. The van der Waals surface area contributed by atoms with Gasteiger partial charge in [0, 0.05) is 0 Å². The molecule has 94 valence electrons. The Labute approximate surface area is 99.3 Å². The predicted octanol–water partition coefficient (Wildman–Crippen LogP) is -0.515. The Morgan fingerprint density at radius 3 is 2.41 bits per heavy atom. The second-order valence-corrected chi connectivity index (χ2v) is 3.69. The molecule has 0 aromatic heterocycles. The zero-order valence-electron chi connectivity index (χ0n) is 9.27. The van der Waals surface area contributed by atoms with Crippen LogP contribution in [-0.4, -0.2) is 46.5 Å². The Bertz CT molecular complexity index is 327. The monoisotopic (exact) mass is 240 g/mol. The predicted molar refractivity (Wildman–Crippen MR) is 60.2 cm³/mol. The lowest BCUT2D eigenvalue weighted by atomic mass is 10.1. The molecule has 0 aliphatic rings. The third kappa shape index (κ3) is 4.62. The minimum atomic E-state index is -1.59. The maximum absolute atomic E-state index is 10.2. The maximum Gasteiger partial charge on any atom is 0.151 e. The lowest BCUT2D eigenvalue weighted by molar-refractivity contribution is -0.129. The van der Waals surface area contributed by atoms with Crippen LogP contribution in [0.1, 0.15) is 5.56 Å². The first-order chi connectivity index (χ1) is 8.15. The van der Waals surface area contributed by atoms with Crippen molar-refractivity contribution in [1.82, 2.24) is 0 Å². The van der Waals surface area contributed by atoms with Crippen LogP contribution in [0.3, 0.4) is 0 Å². The minimum Gasteiger partial charge on any atom is -0.388 e. The van der Waals surface area contributed by atoms with Crippen molar-refractivity contribution in [2.75, 3.05) is 6.61 Å². The molecule has 0 bridgehead atoms. The number of aliphatic hydroxyl groups is 3. The summed E-state index contributed by atoms with van der Waals surface area (Å²) in [6.07, 6.45) is -4.24. The summed E-state index contributed by atoms with van der Waals surface area (Å²) in [5, 5.41) is 27.7. The van der Waals surface area contributed by atoms with Gasteiger partial charge in [-0.1, -0.05) is 30.3 Å². The highest BCUT2D eigenvalue weighted by molar-refractivity contribution is 5.56. The van der Waals surface area contributed by atoms with Crippen molar-refractivity contribution in [1.29, 1.82) is 0 Å². The lowest BCUT2D eigenvalue weighted by Crippen LogP contribution is -2.40. The lowest BCUT2D eigenvalue weighted by Gasteiger charge is -2.19. The van der Waals surface area contributed by atoms with Crippen LogP contribution in [0.15, 0.2) is 30.3 Å². The first kappa shape index (κ1) is 13.8. The third-order valence-electron chi connectivity index (χ3n) is 2.28. The van der Waals surface area contributed by atoms with Crippen LogP contribution in [0.25, 0.3) is 0 Å². The van der Waals surface area contributed by atoms with Gasteiger partial charge in [-0.2, -0.15) is 0 Å². The number of carbonyl (C=O) groups is 1. The van der Waals surface area contributed by atoms with E-state index in [1.165, 1.54) is 0 Å². The van der Waals surface area contributed by atoms with E-state index in [4.69, 9.17) is 9.84 Å². The molecule has 0 amide bonds. The summed E-state index contributed by atoms with van der Waals surface area (Å²) in [5.41, 5.74) is 0.935. The summed E-state index contributed by atoms with van der Waals surface area (Å²) in [7, 11) is 0. The standard InChI is InChI=1S/C12H16O5/c13-6-10(14)12(16)11(15)8-17-7-9-4-2-1-3-5-9/h1-6,10-12,14-16H,7-8H2. The Morgan fingerprint density at radius 1 is 1.18 bits per heavy atom. The quantitative estimate of drug-likeness (QED) is 0.558. The van der Waals surface area contributed by atoms with Gasteiger partial charge in [0.05, 0.1) is 13.2 Å². The van der Waals surface area contributed by atoms with Crippen molar-refractivity contribution in [3.63, 3.8) is 0 Å². The summed E-state index contributed by atoms with van der Waals surface area (Å²) in [6, 6.07) is 9.33. The van der Waals surface area contributed by atoms with Crippen molar-refractivity contribution in [3.05, 3.63) is 35.9 Å². The van der Waals surface area contributed by atoms with E-state index in [9.17, 15) is 15.0 Å². The summed E-state index contributed by atoms with van der Waals surface area (Å²) in [4.78, 5) is 10.2. The first-order valence-electron chi connectivity index (χ1n) is 5.26. The van der Waals surface area contributed by atoms with Crippen LogP contribution in [0.2, 0.25) is 0 Å². The van der Waals surface area contributed by atoms with Crippen molar-refractivity contribution >= 4 is 6.29 Å². The Kier molecular flexibility index (Phi) is 5.79. The van der Waals surface area contributed by atoms with Gasteiger partial charge in [0.2, 0.25) is 0 Å². The molecule has 3 unspecified atom stereocenters. The fourth-order valence-corrected chi connectivity index (χ4v) is 1.28. The van der Waals surface area contributed by atoms with Crippen LogP contribution in [-0.2, 0) is 16.1 Å². The van der Waals surface area contributed by atoms with Gasteiger partial charge in [-0.3, -0.25) is 0 Å². The van der Waals surface area contributed by atoms with Crippen LogP contribution < -0.4 is 0 Å². The largest absolute Gasteiger partial charge is 0.388 e. The summed E-state index contributed by atoms with van der Waals surface area (Å²) >= 11 is 0. The fourth-order valence-electron chi connectivity index (χ4n) is 1.28. The molecule has 0 radical (unpaired) electrons. The molecule has 0 saturated carbocycles. The van der Waals surface area contributed by atoms with Gasteiger partial charge in [-0.15, -0.1) is 0 Å². The molecule has 1 aromatic carbocycles. The zero-order valence-corrected chi connectivity index (χ0v) is 9.27. The molecule has 1 rings (SSSR count). The molecule has 0 aliphatic heterocycles. The summed E-state index contributed by atoms with van der Waals surface area (Å²) in [6.45, 7) is 0.142. The molecule has 17 heavy (non-hydrogen) atoms. The van der Waals surface area contributed by atoms with Gasteiger partial charge < -0.3 is 24.9 Å². The number of ether oxygens (including phenoxy) is 1. The van der Waals surface area contributed by atoms with E-state index in [1.807, 2.05) is 30.3 Å². The van der Waals surface area contributed by atoms with Crippen LogP contribution in [0.5, 0.6) is 0 Å². The smallest absolute Gasteiger partial charge is 0.151 e. The Balaban J connectivity index is 2.29. The summed E-state index contributed by atoms with van der Waals surface area (Å²) < 4.78 is 5.16. The molecule has 3 N–H and O–H groups in total. The van der Waals surface area contributed by atoms with E-state index >= 15 is 0 Å². The molecule has 0 heterocycles.